The molecule has 5 nitrogen and oxygen atoms in total. The van der Waals surface area contributed by atoms with Gasteiger partial charge in [-0.25, -0.2) is 9.37 Å². The van der Waals surface area contributed by atoms with E-state index in [1.165, 1.54) is 52.9 Å². The average Bonchev–Trinajstić information content (AvgIpc) is 3.28. The molecule has 2 N–H and O–H groups in total. The molecule has 1 unspecified atom stereocenters. The summed E-state index contributed by atoms with van der Waals surface area (Å²) in [4.78, 5) is 30.5. The topological polar surface area (TPSA) is 71.1 Å². The molecule has 0 radical (unpaired) electrons. The molecule has 2 amide bonds. The molecule has 0 saturated carbocycles. The van der Waals surface area contributed by atoms with E-state index in [0.717, 1.165) is 16.2 Å². The lowest BCUT2D eigenvalue weighted by Gasteiger charge is -2.12. The lowest BCUT2D eigenvalue weighted by Crippen LogP contribution is -2.22. The van der Waals surface area contributed by atoms with Gasteiger partial charge in [-0.15, -0.1) is 23.1 Å². The second-order valence-corrected chi connectivity index (χ2v) is 9.91. The second-order valence-electron chi connectivity index (χ2n) is 7.64. The number of carbonyl (C=O) groups excluding carboxylic acids is 2. The summed E-state index contributed by atoms with van der Waals surface area (Å²) in [6, 6.07) is 20.7. The van der Waals surface area contributed by atoms with E-state index in [1.807, 2.05) is 55.6 Å². The number of nitrogens with zero attached hydrogens (tertiary/aromatic N) is 1. The van der Waals surface area contributed by atoms with E-state index >= 15 is 0 Å². The van der Waals surface area contributed by atoms with E-state index in [9.17, 15) is 14.0 Å². The summed E-state index contributed by atoms with van der Waals surface area (Å²) in [5, 5.41) is 7.77. The van der Waals surface area contributed by atoms with Gasteiger partial charge in [0.05, 0.1) is 10.9 Å². The fraction of sp³-hybridized carbons (Fsp3) is 0.115. The first kappa shape index (κ1) is 23.7. The number of aromatic nitrogens is 1. The summed E-state index contributed by atoms with van der Waals surface area (Å²) >= 11 is 2.76. The van der Waals surface area contributed by atoms with Crippen LogP contribution in [-0.2, 0) is 4.79 Å². The molecule has 4 aromatic rings. The van der Waals surface area contributed by atoms with Gasteiger partial charge in [0.2, 0.25) is 5.91 Å². The third-order valence-corrected chi connectivity index (χ3v) is 6.81. The fourth-order valence-electron chi connectivity index (χ4n) is 3.10. The summed E-state index contributed by atoms with van der Waals surface area (Å²) in [6.45, 7) is 3.85. The van der Waals surface area contributed by atoms with Crippen LogP contribution in [0.2, 0.25) is 0 Å². The minimum Gasteiger partial charge on any atom is -0.322 e. The van der Waals surface area contributed by atoms with Crippen molar-refractivity contribution in [2.24, 2.45) is 0 Å². The molecule has 4 rings (SSSR count). The number of thiazole rings is 1. The van der Waals surface area contributed by atoms with Crippen LogP contribution < -0.4 is 10.6 Å². The minimum atomic E-state index is -0.397. The Hall–Kier alpha value is -3.49. The molecule has 8 heteroatoms. The first-order valence-corrected chi connectivity index (χ1v) is 12.3. The smallest absolute Gasteiger partial charge is 0.255 e. The maximum atomic E-state index is 13.1. The Kier molecular flexibility index (Phi) is 7.40. The van der Waals surface area contributed by atoms with Crippen molar-refractivity contribution in [1.29, 1.82) is 0 Å². The van der Waals surface area contributed by atoms with Crippen LogP contribution in [0.4, 0.5) is 15.2 Å². The number of thioether (sulfide) groups is 1. The van der Waals surface area contributed by atoms with E-state index in [2.05, 4.69) is 15.6 Å². The Morgan fingerprint density at radius 3 is 2.47 bits per heavy atom. The standard InChI is InChI=1S/C26H22FN3O2S2/c1-16-6-8-18(9-7-16)23-15-33-26(29-23)30-24(31)17(2)34-22-5-3-4-21(14-22)28-25(32)19-10-12-20(27)13-11-19/h3-15,17H,1-2H3,(H,28,32)(H,29,30,31). The van der Waals surface area contributed by atoms with Gasteiger partial charge in [-0.2, -0.15) is 0 Å². The second kappa shape index (κ2) is 10.6. The van der Waals surface area contributed by atoms with Crippen molar-refractivity contribution in [1.82, 2.24) is 4.98 Å². The Labute approximate surface area is 205 Å². The zero-order chi connectivity index (χ0) is 24.1. The van der Waals surface area contributed by atoms with E-state index in [-0.39, 0.29) is 17.1 Å². The highest BCUT2D eigenvalue weighted by molar-refractivity contribution is 8.00. The highest BCUT2D eigenvalue weighted by Crippen LogP contribution is 2.29. The molecular formula is C26H22FN3O2S2. The van der Waals surface area contributed by atoms with Gasteiger partial charge in [-0.3, -0.25) is 9.59 Å². The summed E-state index contributed by atoms with van der Waals surface area (Å²) < 4.78 is 13.1. The number of anilines is 2. The molecule has 172 valence electrons. The highest BCUT2D eigenvalue weighted by atomic mass is 32.2. The molecule has 0 saturated heterocycles. The van der Waals surface area contributed by atoms with Gasteiger partial charge < -0.3 is 10.6 Å². The first-order chi connectivity index (χ1) is 16.4. The molecule has 1 heterocycles. The lowest BCUT2D eigenvalue weighted by molar-refractivity contribution is -0.115. The van der Waals surface area contributed by atoms with Crippen LogP contribution in [0.3, 0.4) is 0 Å². The van der Waals surface area contributed by atoms with E-state index < -0.39 is 5.82 Å². The number of rotatable bonds is 7. The van der Waals surface area contributed by atoms with Crippen LogP contribution in [0.15, 0.2) is 83.1 Å². The quantitative estimate of drug-likeness (QED) is 0.285. The summed E-state index contributed by atoms with van der Waals surface area (Å²) in [6.07, 6.45) is 0. The summed E-state index contributed by atoms with van der Waals surface area (Å²) in [5.74, 6) is -0.886. The van der Waals surface area contributed by atoms with Crippen molar-refractivity contribution in [2.45, 2.75) is 24.0 Å². The molecule has 0 fully saturated rings. The van der Waals surface area contributed by atoms with Crippen molar-refractivity contribution in [3.8, 4) is 11.3 Å². The predicted octanol–water partition coefficient (Wildman–Crippen LogP) is 6.63. The maximum absolute atomic E-state index is 13.1. The van der Waals surface area contributed by atoms with Crippen molar-refractivity contribution in [3.63, 3.8) is 0 Å². The number of carbonyl (C=O) groups is 2. The number of nitrogens with one attached hydrogen (secondary N) is 2. The average molecular weight is 492 g/mol. The largest absolute Gasteiger partial charge is 0.322 e. The summed E-state index contributed by atoms with van der Waals surface area (Å²) in [5.41, 5.74) is 3.96. The molecule has 1 atom stereocenters. The molecule has 34 heavy (non-hydrogen) atoms. The number of hydrogen-bond acceptors (Lipinski definition) is 5. The lowest BCUT2D eigenvalue weighted by atomic mass is 10.1. The van der Waals surface area contributed by atoms with Crippen molar-refractivity contribution in [3.05, 3.63) is 95.1 Å². The third-order valence-electron chi connectivity index (χ3n) is 4.96. The molecule has 0 aliphatic rings. The van der Waals surface area contributed by atoms with Crippen LogP contribution >= 0.6 is 23.1 Å². The molecule has 1 aromatic heterocycles. The van der Waals surface area contributed by atoms with Gasteiger partial charge in [-0.1, -0.05) is 35.9 Å². The van der Waals surface area contributed by atoms with Crippen molar-refractivity contribution >= 4 is 45.7 Å². The molecule has 0 aliphatic carbocycles. The molecule has 3 aromatic carbocycles. The van der Waals surface area contributed by atoms with Gasteiger partial charge in [0.15, 0.2) is 5.13 Å². The molecule has 0 bridgehead atoms. The normalized spacial score (nSPS) is 11.6. The Morgan fingerprint density at radius 1 is 1.00 bits per heavy atom. The van der Waals surface area contributed by atoms with Crippen LogP contribution in [-0.4, -0.2) is 22.0 Å². The highest BCUT2D eigenvalue weighted by Gasteiger charge is 2.17. The Balaban J connectivity index is 1.35. The fourth-order valence-corrected chi connectivity index (χ4v) is 4.75. The predicted molar refractivity (Wildman–Crippen MR) is 137 cm³/mol. The van der Waals surface area contributed by atoms with Gasteiger partial charge >= 0.3 is 0 Å². The van der Waals surface area contributed by atoms with Crippen LogP contribution in [0.25, 0.3) is 11.3 Å². The summed E-state index contributed by atoms with van der Waals surface area (Å²) in [7, 11) is 0. The molecule has 0 spiro atoms. The first-order valence-electron chi connectivity index (χ1n) is 10.5. The van der Waals surface area contributed by atoms with Gasteiger partial charge in [-0.05, 0) is 56.3 Å². The zero-order valence-electron chi connectivity index (χ0n) is 18.5. The number of aryl methyl sites for hydroxylation is 1. The number of halogens is 1. The molecular weight excluding hydrogens is 469 g/mol. The Bertz CT molecular complexity index is 1300. The monoisotopic (exact) mass is 491 g/mol. The van der Waals surface area contributed by atoms with Crippen molar-refractivity contribution < 1.29 is 14.0 Å². The Morgan fingerprint density at radius 2 is 1.74 bits per heavy atom. The van der Waals surface area contributed by atoms with Crippen LogP contribution in [0.1, 0.15) is 22.8 Å². The zero-order valence-corrected chi connectivity index (χ0v) is 20.2. The maximum Gasteiger partial charge on any atom is 0.255 e. The van der Waals surface area contributed by atoms with E-state index in [4.69, 9.17) is 0 Å². The van der Waals surface area contributed by atoms with Crippen molar-refractivity contribution in [2.75, 3.05) is 10.6 Å². The number of benzene rings is 3. The van der Waals surface area contributed by atoms with Crippen LogP contribution in [0.5, 0.6) is 0 Å². The van der Waals surface area contributed by atoms with Crippen LogP contribution in [0, 0.1) is 12.7 Å². The minimum absolute atomic E-state index is 0.157. The number of hydrogen-bond donors (Lipinski definition) is 2. The molecule has 0 aliphatic heterocycles. The third kappa shape index (κ3) is 6.09. The van der Waals surface area contributed by atoms with Gasteiger partial charge in [0.25, 0.3) is 5.91 Å². The van der Waals surface area contributed by atoms with E-state index in [1.54, 1.807) is 12.1 Å². The van der Waals surface area contributed by atoms with Gasteiger partial charge in [0, 0.05) is 27.1 Å². The van der Waals surface area contributed by atoms with Gasteiger partial charge in [0.1, 0.15) is 5.82 Å². The SMILES string of the molecule is Cc1ccc(-c2csc(NC(=O)C(C)Sc3cccc(NC(=O)c4ccc(F)cc4)c3)n2)cc1. The van der Waals surface area contributed by atoms with E-state index in [0.29, 0.717) is 16.4 Å². The number of amides is 2.